The van der Waals surface area contributed by atoms with Crippen LogP contribution in [0.3, 0.4) is 0 Å². The van der Waals surface area contributed by atoms with E-state index in [0.717, 1.165) is 11.3 Å². The first-order chi connectivity index (χ1) is 11.5. The highest BCUT2D eigenvalue weighted by Crippen LogP contribution is 2.31. The molecule has 0 saturated heterocycles. The van der Waals surface area contributed by atoms with Gasteiger partial charge in [-0.1, -0.05) is 12.1 Å². The van der Waals surface area contributed by atoms with E-state index in [9.17, 15) is 5.11 Å². The molecule has 0 amide bonds. The van der Waals surface area contributed by atoms with Gasteiger partial charge in [0.1, 0.15) is 0 Å². The number of benzene rings is 1. The molecule has 0 aliphatic heterocycles. The van der Waals surface area contributed by atoms with Gasteiger partial charge < -0.3 is 24.1 Å². The van der Waals surface area contributed by atoms with Crippen molar-refractivity contribution in [2.75, 3.05) is 47.6 Å². The van der Waals surface area contributed by atoms with Crippen LogP contribution in [0, 0.1) is 0 Å². The van der Waals surface area contributed by atoms with Gasteiger partial charge in [0.2, 0.25) is 0 Å². The first-order valence-electron chi connectivity index (χ1n) is 8.22. The molecular formula is C18H31NO5. The Morgan fingerprint density at radius 3 is 2.46 bits per heavy atom. The summed E-state index contributed by atoms with van der Waals surface area (Å²) in [5.74, 6) is 1.42. The number of methoxy groups -OCH3 is 3. The molecule has 0 radical (unpaired) electrons. The molecule has 0 aliphatic rings. The van der Waals surface area contributed by atoms with E-state index in [4.69, 9.17) is 18.9 Å². The fraction of sp³-hybridized carbons (Fsp3) is 0.667. The zero-order valence-electron chi connectivity index (χ0n) is 15.4. The number of hydrogen-bond acceptors (Lipinski definition) is 6. The highest BCUT2D eigenvalue weighted by atomic mass is 16.5. The fourth-order valence-electron chi connectivity index (χ4n) is 2.43. The van der Waals surface area contributed by atoms with Crippen LogP contribution in [-0.4, -0.2) is 69.8 Å². The second kappa shape index (κ2) is 11.3. The molecule has 0 spiro atoms. The molecule has 0 fully saturated rings. The van der Waals surface area contributed by atoms with Gasteiger partial charge in [0.15, 0.2) is 11.5 Å². The molecule has 138 valence electrons. The van der Waals surface area contributed by atoms with Crippen molar-refractivity contribution in [1.82, 2.24) is 4.90 Å². The molecular weight excluding hydrogens is 310 g/mol. The van der Waals surface area contributed by atoms with Gasteiger partial charge in [0.05, 0.1) is 39.6 Å². The van der Waals surface area contributed by atoms with Gasteiger partial charge in [-0.15, -0.1) is 0 Å². The summed E-state index contributed by atoms with van der Waals surface area (Å²) in [5.41, 5.74) is 1.00. The minimum atomic E-state index is -0.555. The van der Waals surface area contributed by atoms with Crippen molar-refractivity contribution in [2.24, 2.45) is 0 Å². The summed E-state index contributed by atoms with van der Waals surface area (Å²) in [6.45, 7) is 6.64. The largest absolute Gasteiger partial charge is 0.493 e. The van der Waals surface area contributed by atoms with Crippen LogP contribution in [0.2, 0.25) is 0 Å². The van der Waals surface area contributed by atoms with Crippen molar-refractivity contribution in [3.63, 3.8) is 0 Å². The van der Waals surface area contributed by atoms with Gasteiger partial charge in [0, 0.05) is 32.3 Å². The molecule has 1 atom stereocenters. The van der Waals surface area contributed by atoms with Crippen molar-refractivity contribution in [3.8, 4) is 11.5 Å². The number of aliphatic hydroxyl groups excluding tert-OH is 1. The van der Waals surface area contributed by atoms with Crippen LogP contribution in [0.5, 0.6) is 11.5 Å². The average Bonchev–Trinajstić information content (AvgIpc) is 2.57. The van der Waals surface area contributed by atoms with Crippen molar-refractivity contribution in [2.45, 2.75) is 32.6 Å². The zero-order valence-corrected chi connectivity index (χ0v) is 15.4. The Balaban J connectivity index is 2.78. The van der Waals surface area contributed by atoms with E-state index in [1.54, 1.807) is 21.3 Å². The lowest BCUT2D eigenvalue weighted by molar-refractivity contribution is -0.0122. The van der Waals surface area contributed by atoms with Crippen LogP contribution >= 0.6 is 0 Å². The first-order valence-corrected chi connectivity index (χ1v) is 8.22. The normalized spacial score (nSPS) is 12.7. The third-order valence-corrected chi connectivity index (χ3v) is 3.58. The van der Waals surface area contributed by atoms with Crippen molar-refractivity contribution in [1.29, 1.82) is 0 Å². The quantitative estimate of drug-likeness (QED) is 0.627. The molecule has 1 aromatic carbocycles. The number of nitrogens with zero attached hydrogens (tertiary/aromatic N) is 1. The lowest BCUT2D eigenvalue weighted by atomic mass is 10.1. The molecule has 0 saturated carbocycles. The maximum absolute atomic E-state index is 10.2. The van der Waals surface area contributed by atoms with Gasteiger partial charge >= 0.3 is 0 Å². The van der Waals surface area contributed by atoms with Crippen LogP contribution in [0.1, 0.15) is 19.4 Å². The predicted molar refractivity (Wildman–Crippen MR) is 93.8 cm³/mol. The zero-order chi connectivity index (χ0) is 17.9. The van der Waals surface area contributed by atoms with Crippen LogP contribution in [0.25, 0.3) is 0 Å². The molecule has 6 heteroatoms. The van der Waals surface area contributed by atoms with E-state index in [1.807, 2.05) is 32.0 Å². The summed E-state index contributed by atoms with van der Waals surface area (Å²) >= 11 is 0. The monoisotopic (exact) mass is 341 g/mol. The minimum absolute atomic E-state index is 0.102. The van der Waals surface area contributed by atoms with Gasteiger partial charge in [-0.05, 0) is 19.9 Å². The second-order valence-electron chi connectivity index (χ2n) is 5.92. The SMILES string of the molecule is COCCN(Cc1cccc(OC)c1OC)C[C@H](O)COC(C)C. The van der Waals surface area contributed by atoms with Gasteiger partial charge in [-0.3, -0.25) is 4.90 Å². The maximum atomic E-state index is 10.2. The third kappa shape index (κ3) is 7.05. The van der Waals surface area contributed by atoms with Crippen molar-refractivity contribution in [3.05, 3.63) is 23.8 Å². The van der Waals surface area contributed by atoms with E-state index in [0.29, 0.717) is 38.6 Å². The molecule has 24 heavy (non-hydrogen) atoms. The fourth-order valence-corrected chi connectivity index (χ4v) is 2.43. The number of para-hydroxylation sites is 1. The molecule has 1 rings (SSSR count). The lowest BCUT2D eigenvalue weighted by Gasteiger charge is -2.26. The number of rotatable bonds is 12. The van der Waals surface area contributed by atoms with Gasteiger partial charge in [-0.25, -0.2) is 0 Å². The lowest BCUT2D eigenvalue weighted by Crippen LogP contribution is -2.37. The Labute approximate surface area is 145 Å². The summed E-state index contributed by atoms with van der Waals surface area (Å²) in [7, 11) is 4.92. The molecule has 0 unspecified atom stereocenters. The predicted octanol–water partition coefficient (Wildman–Crippen LogP) is 1.94. The number of ether oxygens (including phenoxy) is 4. The third-order valence-electron chi connectivity index (χ3n) is 3.58. The smallest absolute Gasteiger partial charge is 0.165 e. The van der Waals surface area contributed by atoms with E-state index in [1.165, 1.54) is 0 Å². The van der Waals surface area contributed by atoms with Crippen molar-refractivity contribution < 1.29 is 24.1 Å². The molecule has 0 bridgehead atoms. The second-order valence-corrected chi connectivity index (χ2v) is 5.92. The molecule has 1 aromatic rings. The number of hydrogen-bond donors (Lipinski definition) is 1. The standard InChI is InChI=1S/C18H31NO5/c1-14(2)24-13-16(20)12-19(9-10-21-3)11-15-7-6-8-17(22-4)18(15)23-5/h6-8,14,16,20H,9-13H2,1-5H3/t16-/m0/s1. The molecule has 0 aliphatic carbocycles. The Kier molecular flexibility index (Phi) is 9.71. The van der Waals surface area contributed by atoms with Crippen LogP contribution in [-0.2, 0) is 16.0 Å². The van der Waals surface area contributed by atoms with Crippen LogP contribution < -0.4 is 9.47 Å². The first kappa shape index (κ1) is 20.7. The molecule has 1 N–H and O–H groups in total. The Bertz CT molecular complexity index is 467. The molecule has 6 nitrogen and oxygen atoms in total. The topological polar surface area (TPSA) is 60.4 Å². The van der Waals surface area contributed by atoms with Crippen LogP contribution in [0.4, 0.5) is 0 Å². The van der Waals surface area contributed by atoms with Gasteiger partial charge in [-0.2, -0.15) is 0 Å². The van der Waals surface area contributed by atoms with Gasteiger partial charge in [0.25, 0.3) is 0 Å². The summed E-state index contributed by atoms with van der Waals surface area (Å²) < 4.78 is 21.5. The highest BCUT2D eigenvalue weighted by Gasteiger charge is 2.17. The van der Waals surface area contributed by atoms with E-state index < -0.39 is 6.10 Å². The Morgan fingerprint density at radius 2 is 1.88 bits per heavy atom. The summed E-state index contributed by atoms with van der Waals surface area (Å²) in [6.07, 6.45) is -0.452. The summed E-state index contributed by atoms with van der Waals surface area (Å²) in [5, 5.41) is 10.2. The maximum Gasteiger partial charge on any atom is 0.165 e. The summed E-state index contributed by atoms with van der Waals surface area (Å²) in [4.78, 5) is 2.12. The molecule has 0 aromatic heterocycles. The van der Waals surface area contributed by atoms with E-state index >= 15 is 0 Å². The Hall–Kier alpha value is -1.34. The van der Waals surface area contributed by atoms with Crippen molar-refractivity contribution >= 4 is 0 Å². The van der Waals surface area contributed by atoms with E-state index in [-0.39, 0.29) is 6.10 Å². The minimum Gasteiger partial charge on any atom is -0.493 e. The summed E-state index contributed by atoms with van der Waals surface area (Å²) in [6, 6.07) is 5.80. The van der Waals surface area contributed by atoms with E-state index in [2.05, 4.69) is 4.90 Å². The Morgan fingerprint density at radius 1 is 1.12 bits per heavy atom. The number of aliphatic hydroxyl groups is 1. The average molecular weight is 341 g/mol. The molecule has 0 heterocycles. The van der Waals surface area contributed by atoms with Crippen LogP contribution in [0.15, 0.2) is 18.2 Å². The highest BCUT2D eigenvalue weighted by molar-refractivity contribution is 5.46.